The Hall–Kier alpha value is -3.26. The van der Waals surface area contributed by atoms with E-state index in [0.717, 1.165) is 10.6 Å². The van der Waals surface area contributed by atoms with E-state index in [0.29, 0.717) is 43.5 Å². The molecule has 1 aliphatic rings. The molecule has 0 spiro atoms. The number of piperazine rings is 1. The zero-order valence-electron chi connectivity index (χ0n) is 17.5. The van der Waals surface area contributed by atoms with Gasteiger partial charge in [0.2, 0.25) is 0 Å². The Balaban J connectivity index is 1.42. The van der Waals surface area contributed by atoms with Gasteiger partial charge in [0.15, 0.2) is 0 Å². The quantitative estimate of drug-likeness (QED) is 0.424. The van der Waals surface area contributed by atoms with Crippen molar-refractivity contribution < 1.29 is 9.72 Å². The summed E-state index contributed by atoms with van der Waals surface area (Å²) in [7, 11) is 0. The molecule has 31 heavy (non-hydrogen) atoms. The SMILES string of the molecule is CC(C)c1ccc(-c2nc(C(=O)N3CCN(c4ccccc4[N+](=O)[O-])CC3)cs2)cc1. The molecular weight excluding hydrogens is 412 g/mol. The molecule has 1 saturated heterocycles. The van der Waals surface area contributed by atoms with E-state index in [1.54, 1.807) is 23.1 Å². The van der Waals surface area contributed by atoms with Crippen LogP contribution in [-0.2, 0) is 0 Å². The first-order chi connectivity index (χ1) is 14.9. The third-order valence-electron chi connectivity index (χ3n) is 5.53. The maximum Gasteiger partial charge on any atom is 0.292 e. The van der Waals surface area contributed by atoms with Gasteiger partial charge in [-0.05, 0) is 17.5 Å². The molecule has 1 aromatic heterocycles. The number of carbonyl (C=O) groups is 1. The number of nitrogens with zero attached hydrogens (tertiary/aromatic N) is 4. The highest BCUT2D eigenvalue weighted by atomic mass is 32.1. The average molecular weight is 437 g/mol. The van der Waals surface area contributed by atoms with Crippen molar-refractivity contribution in [3.8, 4) is 10.6 Å². The second kappa shape index (κ2) is 8.85. The zero-order valence-corrected chi connectivity index (χ0v) is 18.3. The smallest absolute Gasteiger partial charge is 0.292 e. The Morgan fingerprint density at radius 3 is 2.39 bits per heavy atom. The number of aromatic nitrogens is 1. The zero-order chi connectivity index (χ0) is 22.0. The van der Waals surface area contributed by atoms with E-state index in [9.17, 15) is 14.9 Å². The van der Waals surface area contributed by atoms with Crippen LogP contribution in [0.15, 0.2) is 53.9 Å². The number of nitro benzene ring substituents is 1. The lowest BCUT2D eigenvalue weighted by atomic mass is 10.0. The molecule has 2 heterocycles. The average Bonchev–Trinajstić information content (AvgIpc) is 3.29. The van der Waals surface area contributed by atoms with E-state index >= 15 is 0 Å². The lowest BCUT2D eigenvalue weighted by molar-refractivity contribution is -0.384. The van der Waals surface area contributed by atoms with Crippen LogP contribution in [0.25, 0.3) is 10.6 Å². The summed E-state index contributed by atoms with van der Waals surface area (Å²) in [6.45, 7) is 6.41. The standard InChI is InChI=1S/C23H24N4O3S/c1-16(2)17-7-9-18(10-8-17)22-24-19(15-31-22)23(28)26-13-11-25(12-14-26)20-5-3-4-6-21(20)27(29)30/h3-10,15-16H,11-14H2,1-2H3. The predicted octanol–water partition coefficient (Wildman–Crippen LogP) is 4.80. The number of carbonyl (C=O) groups excluding carboxylic acids is 1. The summed E-state index contributed by atoms with van der Waals surface area (Å²) in [5.74, 6) is 0.377. The van der Waals surface area contributed by atoms with Gasteiger partial charge in [0.25, 0.3) is 11.6 Å². The number of anilines is 1. The van der Waals surface area contributed by atoms with E-state index in [2.05, 4.69) is 31.0 Å². The molecule has 1 fully saturated rings. The molecule has 3 aromatic rings. The Kier molecular flexibility index (Phi) is 5.99. The fraction of sp³-hybridized carbons (Fsp3) is 0.304. The number of nitro groups is 1. The minimum atomic E-state index is -0.364. The first-order valence-corrected chi connectivity index (χ1v) is 11.2. The fourth-order valence-electron chi connectivity index (χ4n) is 3.71. The molecule has 4 rings (SSSR count). The number of amides is 1. The maximum atomic E-state index is 12.9. The van der Waals surface area contributed by atoms with Crippen LogP contribution in [0, 0.1) is 10.1 Å². The summed E-state index contributed by atoms with van der Waals surface area (Å²) in [5, 5.41) is 13.9. The van der Waals surface area contributed by atoms with Gasteiger partial charge in [-0.15, -0.1) is 11.3 Å². The van der Waals surface area contributed by atoms with Crippen LogP contribution in [0.2, 0.25) is 0 Å². The molecule has 0 unspecified atom stereocenters. The normalized spacial score (nSPS) is 14.2. The van der Waals surface area contributed by atoms with Crippen molar-refractivity contribution in [1.82, 2.24) is 9.88 Å². The molecule has 1 amide bonds. The summed E-state index contributed by atoms with van der Waals surface area (Å²) >= 11 is 1.47. The predicted molar refractivity (Wildman–Crippen MR) is 123 cm³/mol. The van der Waals surface area contributed by atoms with Gasteiger partial charge in [0.05, 0.1) is 4.92 Å². The van der Waals surface area contributed by atoms with Crippen LogP contribution in [0.5, 0.6) is 0 Å². The highest BCUT2D eigenvalue weighted by molar-refractivity contribution is 7.13. The maximum absolute atomic E-state index is 12.9. The molecule has 0 aliphatic carbocycles. The lowest BCUT2D eigenvalue weighted by Gasteiger charge is -2.35. The first-order valence-electron chi connectivity index (χ1n) is 10.3. The summed E-state index contributed by atoms with van der Waals surface area (Å²) < 4.78 is 0. The van der Waals surface area contributed by atoms with E-state index in [1.165, 1.54) is 23.0 Å². The summed E-state index contributed by atoms with van der Waals surface area (Å²) in [4.78, 5) is 32.2. The second-order valence-electron chi connectivity index (χ2n) is 7.84. The van der Waals surface area contributed by atoms with Crippen molar-refractivity contribution >= 4 is 28.6 Å². The lowest BCUT2D eigenvalue weighted by Crippen LogP contribution is -2.49. The number of hydrogen-bond acceptors (Lipinski definition) is 6. The molecule has 8 heteroatoms. The number of hydrogen-bond donors (Lipinski definition) is 0. The van der Waals surface area contributed by atoms with E-state index in [-0.39, 0.29) is 16.5 Å². The van der Waals surface area contributed by atoms with E-state index in [1.807, 2.05) is 22.4 Å². The Morgan fingerprint density at radius 2 is 1.74 bits per heavy atom. The van der Waals surface area contributed by atoms with Crippen LogP contribution >= 0.6 is 11.3 Å². The van der Waals surface area contributed by atoms with E-state index in [4.69, 9.17) is 0 Å². The number of para-hydroxylation sites is 2. The van der Waals surface area contributed by atoms with Crippen molar-refractivity contribution in [2.45, 2.75) is 19.8 Å². The minimum absolute atomic E-state index is 0.0925. The topological polar surface area (TPSA) is 79.6 Å². The van der Waals surface area contributed by atoms with Crippen LogP contribution in [0.4, 0.5) is 11.4 Å². The van der Waals surface area contributed by atoms with Crippen LogP contribution in [0.1, 0.15) is 35.8 Å². The van der Waals surface area contributed by atoms with Gasteiger partial charge < -0.3 is 9.80 Å². The van der Waals surface area contributed by atoms with Crippen molar-refractivity contribution in [1.29, 1.82) is 0 Å². The Morgan fingerprint density at radius 1 is 1.06 bits per heavy atom. The van der Waals surface area contributed by atoms with Crippen LogP contribution < -0.4 is 4.90 Å². The molecule has 0 radical (unpaired) electrons. The minimum Gasteiger partial charge on any atom is -0.362 e. The van der Waals surface area contributed by atoms with Gasteiger partial charge in [-0.1, -0.05) is 50.2 Å². The van der Waals surface area contributed by atoms with Crippen molar-refractivity contribution in [2.24, 2.45) is 0 Å². The third kappa shape index (κ3) is 4.44. The molecule has 0 N–H and O–H groups in total. The van der Waals surface area contributed by atoms with Gasteiger partial charge >= 0.3 is 0 Å². The second-order valence-corrected chi connectivity index (χ2v) is 8.70. The molecule has 0 bridgehead atoms. The van der Waals surface area contributed by atoms with Gasteiger partial charge in [0.1, 0.15) is 16.4 Å². The molecule has 160 valence electrons. The highest BCUT2D eigenvalue weighted by Gasteiger charge is 2.27. The summed E-state index contributed by atoms with van der Waals surface area (Å²) in [6.07, 6.45) is 0. The molecule has 1 aliphatic heterocycles. The van der Waals surface area contributed by atoms with E-state index < -0.39 is 0 Å². The fourth-order valence-corrected chi connectivity index (χ4v) is 4.51. The number of benzene rings is 2. The van der Waals surface area contributed by atoms with Crippen LogP contribution in [0.3, 0.4) is 0 Å². The van der Waals surface area contributed by atoms with Gasteiger partial charge in [-0.3, -0.25) is 14.9 Å². The monoisotopic (exact) mass is 436 g/mol. The number of rotatable bonds is 5. The molecule has 0 saturated carbocycles. The Labute approximate surface area is 185 Å². The van der Waals surface area contributed by atoms with Crippen molar-refractivity contribution in [3.63, 3.8) is 0 Å². The molecule has 0 atom stereocenters. The summed E-state index contributed by atoms with van der Waals surface area (Å²) in [6, 6.07) is 15.0. The molecule has 7 nitrogen and oxygen atoms in total. The van der Waals surface area contributed by atoms with Gasteiger partial charge in [-0.25, -0.2) is 4.98 Å². The summed E-state index contributed by atoms with van der Waals surface area (Å²) in [5.41, 5.74) is 3.42. The van der Waals surface area contributed by atoms with Crippen LogP contribution in [-0.4, -0.2) is 46.9 Å². The van der Waals surface area contributed by atoms with Crippen molar-refractivity contribution in [3.05, 3.63) is 75.3 Å². The van der Waals surface area contributed by atoms with Gasteiger partial charge in [0, 0.05) is 43.2 Å². The molecule has 2 aromatic carbocycles. The third-order valence-corrected chi connectivity index (χ3v) is 6.42. The van der Waals surface area contributed by atoms with Gasteiger partial charge in [-0.2, -0.15) is 0 Å². The largest absolute Gasteiger partial charge is 0.362 e. The highest BCUT2D eigenvalue weighted by Crippen LogP contribution is 2.29. The van der Waals surface area contributed by atoms with Crippen molar-refractivity contribution in [2.75, 3.05) is 31.1 Å². The molecular formula is C23H24N4O3S. The first kappa shape index (κ1) is 21.0. The number of thiazole rings is 1. The Bertz CT molecular complexity index is 1090.